The molecule has 7 heteroatoms. The molecule has 0 spiro atoms. The summed E-state index contributed by atoms with van der Waals surface area (Å²) in [6, 6.07) is 3.49. The third kappa shape index (κ3) is 4.88. The van der Waals surface area contributed by atoms with E-state index < -0.39 is 25.2 Å². The Balaban J connectivity index is 3.08. The maximum atomic E-state index is 12.2. The van der Waals surface area contributed by atoms with Crippen molar-refractivity contribution in [2.75, 3.05) is 0 Å². The van der Waals surface area contributed by atoms with Gasteiger partial charge >= 0.3 is 13.2 Å². The molecule has 0 fully saturated rings. The highest BCUT2D eigenvalue weighted by molar-refractivity contribution is 5.40. The molecule has 0 aromatic heterocycles. The Kier molecular flexibility index (Phi) is 6.06. The van der Waals surface area contributed by atoms with Gasteiger partial charge in [-0.25, -0.2) is 0 Å². The second kappa shape index (κ2) is 7.33. The maximum Gasteiger partial charge on any atom is 0.387 e. The van der Waals surface area contributed by atoms with E-state index in [1.807, 2.05) is 0 Å². The van der Waals surface area contributed by atoms with Crippen LogP contribution < -0.4 is 9.47 Å². The summed E-state index contributed by atoms with van der Waals surface area (Å²) in [7, 11) is 0. The van der Waals surface area contributed by atoms with Crippen LogP contribution in [0.3, 0.4) is 0 Å². The molecule has 3 nitrogen and oxygen atoms in total. The minimum absolute atomic E-state index is 0.289. The first-order valence-corrected chi connectivity index (χ1v) is 6.06. The zero-order valence-corrected chi connectivity index (χ0v) is 11.0. The van der Waals surface area contributed by atoms with E-state index in [-0.39, 0.29) is 11.5 Å². The molecular weight excluding hydrogens is 280 g/mol. The van der Waals surface area contributed by atoms with Gasteiger partial charge in [0.1, 0.15) is 11.5 Å². The number of alkyl halides is 4. The Morgan fingerprint density at radius 2 is 1.45 bits per heavy atom. The predicted molar refractivity (Wildman–Crippen MR) is 64.4 cm³/mol. The molecule has 2 atom stereocenters. The SMILES string of the molecule is CCC(O)C(C)c1cc(OC(F)F)cc(OC(F)F)c1. The molecule has 0 aliphatic rings. The van der Waals surface area contributed by atoms with Gasteiger partial charge in [0, 0.05) is 12.0 Å². The smallest absolute Gasteiger partial charge is 0.387 e. The fourth-order valence-corrected chi connectivity index (χ4v) is 1.77. The van der Waals surface area contributed by atoms with E-state index in [1.165, 1.54) is 12.1 Å². The van der Waals surface area contributed by atoms with Crippen LogP contribution in [0.4, 0.5) is 17.6 Å². The van der Waals surface area contributed by atoms with Crippen LogP contribution in [0, 0.1) is 0 Å². The number of benzene rings is 1. The highest BCUT2D eigenvalue weighted by Gasteiger charge is 2.18. The third-order valence-corrected chi connectivity index (χ3v) is 2.87. The molecule has 1 N–H and O–H groups in total. The molecule has 0 saturated carbocycles. The van der Waals surface area contributed by atoms with E-state index in [1.54, 1.807) is 13.8 Å². The van der Waals surface area contributed by atoms with Crippen molar-refractivity contribution < 1.29 is 32.1 Å². The van der Waals surface area contributed by atoms with Gasteiger partial charge in [0.05, 0.1) is 6.10 Å². The van der Waals surface area contributed by atoms with Crippen LogP contribution in [-0.2, 0) is 0 Å². The van der Waals surface area contributed by atoms with E-state index in [4.69, 9.17) is 0 Å². The van der Waals surface area contributed by atoms with Crippen molar-refractivity contribution >= 4 is 0 Å². The van der Waals surface area contributed by atoms with Crippen LogP contribution in [0.2, 0.25) is 0 Å². The number of aliphatic hydroxyl groups is 1. The molecule has 114 valence electrons. The van der Waals surface area contributed by atoms with Gasteiger partial charge in [0.15, 0.2) is 0 Å². The lowest BCUT2D eigenvalue weighted by molar-refractivity contribution is -0.0543. The Morgan fingerprint density at radius 1 is 1.00 bits per heavy atom. The molecule has 0 saturated heterocycles. The number of halogens is 4. The Labute approximate surface area is 114 Å². The molecule has 0 radical (unpaired) electrons. The summed E-state index contributed by atoms with van der Waals surface area (Å²) in [6.45, 7) is -2.74. The minimum atomic E-state index is -3.07. The summed E-state index contributed by atoms with van der Waals surface area (Å²) < 4.78 is 57.2. The van der Waals surface area contributed by atoms with E-state index >= 15 is 0 Å². The van der Waals surface area contributed by atoms with E-state index in [9.17, 15) is 22.7 Å². The largest absolute Gasteiger partial charge is 0.435 e. The Bertz CT molecular complexity index is 398. The fraction of sp³-hybridized carbons (Fsp3) is 0.538. The van der Waals surface area contributed by atoms with Gasteiger partial charge < -0.3 is 14.6 Å². The second-order valence-corrected chi connectivity index (χ2v) is 4.26. The molecule has 2 unspecified atom stereocenters. The van der Waals surface area contributed by atoms with Crippen molar-refractivity contribution in [1.29, 1.82) is 0 Å². The summed E-state index contributed by atoms with van der Waals surface area (Å²) in [5.41, 5.74) is 0.383. The Morgan fingerprint density at radius 3 is 1.80 bits per heavy atom. The number of ether oxygens (including phenoxy) is 2. The quantitative estimate of drug-likeness (QED) is 0.779. The van der Waals surface area contributed by atoms with E-state index in [0.29, 0.717) is 12.0 Å². The lowest BCUT2D eigenvalue weighted by atomic mass is 9.93. The van der Waals surface area contributed by atoms with Gasteiger partial charge in [-0.2, -0.15) is 17.6 Å². The molecule has 0 amide bonds. The van der Waals surface area contributed by atoms with Gasteiger partial charge in [0.2, 0.25) is 0 Å². The summed E-state index contributed by atoms with van der Waals surface area (Å²) in [4.78, 5) is 0. The van der Waals surface area contributed by atoms with Crippen molar-refractivity contribution in [3.63, 3.8) is 0 Å². The summed E-state index contributed by atoms with van der Waals surface area (Å²) in [5.74, 6) is -1.01. The van der Waals surface area contributed by atoms with Crippen LogP contribution in [-0.4, -0.2) is 24.4 Å². The first-order chi connectivity index (χ1) is 9.33. The molecular formula is C13H16F4O3. The van der Waals surface area contributed by atoms with Crippen molar-refractivity contribution in [2.24, 2.45) is 0 Å². The molecule has 0 aliphatic carbocycles. The van der Waals surface area contributed by atoms with Crippen LogP contribution in [0.5, 0.6) is 11.5 Å². The average molecular weight is 296 g/mol. The molecule has 0 bridgehead atoms. The summed E-state index contributed by atoms with van der Waals surface area (Å²) in [6.07, 6.45) is -0.289. The van der Waals surface area contributed by atoms with Crippen LogP contribution >= 0.6 is 0 Å². The lowest BCUT2D eigenvalue weighted by Gasteiger charge is -2.19. The maximum absolute atomic E-state index is 12.2. The van der Waals surface area contributed by atoms with Gasteiger partial charge in [-0.1, -0.05) is 13.8 Å². The van der Waals surface area contributed by atoms with Gasteiger partial charge in [-0.15, -0.1) is 0 Å². The molecule has 1 aromatic carbocycles. The van der Waals surface area contributed by atoms with Crippen LogP contribution in [0.25, 0.3) is 0 Å². The summed E-state index contributed by atoms with van der Waals surface area (Å²) in [5, 5.41) is 9.75. The summed E-state index contributed by atoms with van der Waals surface area (Å²) >= 11 is 0. The number of aliphatic hydroxyl groups excluding tert-OH is 1. The normalized spacial score (nSPS) is 14.4. The lowest BCUT2D eigenvalue weighted by Crippen LogP contribution is -2.15. The molecule has 0 aliphatic heterocycles. The van der Waals surface area contributed by atoms with Gasteiger partial charge in [-0.05, 0) is 24.1 Å². The molecule has 20 heavy (non-hydrogen) atoms. The molecule has 1 rings (SSSR count). The van der Waals surface area contributed by atoms with Gasteiger partial charge in [-0.3, -0.25) is 0 Å². The first-order valence-electron chi connectivity index (χ1n) is 6.06. The van der Waals surface area contributed by atoms with Crippen molar-refractivity contribution in [1.82, 2.24) is 0 Å². The minimum Gasteiger partial charge on any atom is -0.435 e. The van der Waals surface area contributed by atoms with Crippen molar-refractivity contribution in [3.05, 3.63) is 23.8 Å². The number of hydrogen-bond donors (Lipinski definition) is 1. The third-order valence-electron chi connectivity index (χ3n) is 2.87. The van der Waals surface area contributed by atoms with Gasteiger partial charge in [0.25, 0.3) is 0 Å². The van der Waals surface area contributed by atoms with E-state index in [0.717, 1.165) is 6.07 Å². The standard InChI is InChI=1S/C13H16F4O3/c1-3-11(18)7(2)8-4-9(19-12(14)15)6-10(5-8)20-13(16)17/h4-7,11-13,18H,3H2,1-2H3. The number of hydrogen-bond acceptors (Lipinski definition) is 3. The van der Waals surface area contributed by atoms with Crippen molar-refractivity contribution in [3.8, 4) is 11.5 Å². The topological polar surface area (TPSA) is 38.7 Å². The Hall–Kier alpha value is -1.50. The average Bonchev–Trinajstić information content (AvgIpc) is 2.34. The highest BCUT2D eigenvalue weighted by atomic mass is 19.3. The van der Waals surface area contributed by atoms with Crippen molar-refractivity contribution in [2.45, 2.75) is 45.5 Å². The second-order valence-electron chi connectivity index (χ2n) is 4.26. The molecule has 1 aromatic rings. The van der Waals surface area contributed by atoms with Crippen LogP contribution in [0.15, 0.2) is 18.2 Å². The fourth-order valence-electron chi connectivity index (χ4n) is 1.77. The van der Waals surface area contributed by atoms with Crippen LogP contribution in [0.1, 0.15) is 31.7 Å². The zero-order chi connectivity index (χ0) is 15.3. The number of rotatable bonds is 7. The van der Waals surface area contributed by atoms with E-state index in [2.05, 4.69) is 9.47 Å². The highest BCUT2D eigenvalue weighted by Crippen LogP contribution is 2.31. The zero-order valence-electron chi connectivity index (χ0n) is 11.0. The first kappa shape index (κ1) is 16.6. The monoisotopic (exact) mass is 296 g/mol. The predicted octanol–water partition coefficient (Wildman–Crippen LogP) is 3.76. The molecule has 0 heterocycles.